The fourth-order valence-electron chi connectivity index (χ4n) is 1.57. The fourth-order valence-corrected chi connectivity index (χ4v) is 2.30. The van der Waals surface area contributed by atoms with Gasteiger partial charge in [0.25, 0.3) is 0 Å². The number of aliphatic carboxylic acids is 1. The summed E-state index contributed by atoms with van der Waals surface area (Å²) < 4.78 is 21.6. The SMILES string of the molecule is C[N+](C)(C)CCOP(=O)(O)OC[C@H](O)C(O)CCCCC(=O)O. The van der Waals surface area contributed by atoms with E-state index in [2.05, 4.69) is 4.52 Å². The molecule has 138 valence electrons. The number of quaternary nitrogens is 1. The van der Waals surface area contributed by atoms with Crippen LogP contribution in [-0.4, -0.2) is 83.8 Å². The zero-order valence-electron chi connectivity index (χ0n) is 13.9. The third-order valence-electron chi connectivity index (χ3n) is 3.01. The Labute approximate surface area is 136 Å². The average Bonchev–Trinajstić information content (AvgIpc) is 2.38. The quantitative estimate of drug-likeness (QED) is 0.208. The monoisotopic (exact) mass is 358 g/mol. The molecule has 2 unspecified atom stereocenters. The highest BCUT2D eigenvalue weighted by atomic mass is 31.2. The summed E-state index contributed by atoms with van der Waals surface area (Å²) in [5, 5.41) is 27.8. The number of carbonyl (C=O) groups is 1. The van der Waals surface area contributed by atoms with E-state index in [-0.39, 0.29) is 19.4 Å². The maximum absolute atomic E-state index is 11.6. The van der Waals surface area contributed by atoms with Crippen LogP contribution in [0.3, 0.4) is 0 Å². The first-order chi connectivity index (χ1) is 10.4. The maximum Gasteiger partial charge on any atom is 0.472 e. The summed E-state index contributed by atoms with van der Waals surface area (Å²) in [6.07, 6.45) is -1.54. The number of carboxylic acid groups (broad SMARTS) is 1. The van der Waals surface area contributed by atoms with Crippen LogP contribution in [0.5, 0.6) is 0 Å². The van der Waals surface area contributed by atoms with Crippen LogP contribution in [0.4, 0.5) is 0 Å². The number of phosphoric ester groups is 1. The van der Waals surface area contributed by atoms with Gasteiger partial charge in [-0.05, 0) is 12.8 Å². The molecule has 0 spiro atoms. The number of carboxylic acids is 1. The van der Waals surface area contributed by atoms with Crippen LogP contribution < -0.4 is 0 Å². The van der Waals surface area contributed by atoms with E-state index >= 15 is 0 Å². The van der Waals surface area contributed by atoms with E-state index < -0.39 is 32.6 Å². The zero-order valence-corrected chi connectivity index (χ0v) is 14.8. The van der Waals surface area contributed by atoms with Crippen LogP contribution in [0.2, 0.25) is 0 Å². The van der Waals surface area contributed by atoms with E-state index in [0.717, 1.165) is 0 Å². The van der Waals surface area contributed by atoms with E-state index in [4.69, 9.17) is 9.63 Å². The lowest BCUT2D eigenvalue weighted by atomic mass is 10.1. The molecule has 0 aromatic heterocycles. The van der Waals surface area contributed by atoms with Gasteiger partial charge in [-0.25, -0.2) is 4.57 Å². The maximum atomic E-state index is 11.6. The number of hydrogen-bond acceptors (Lipinski definition) is 6. The Morgan fingerprint density at radius 3 is 2.26 bits per heavy atom. The number of nitrogens with zero attached hydrogens (tertiary/aromatic N) is 1. The molecule has 0 fully saturated rings. The molecule has 0 heterocycles. The van der Waals surface area contributed by atoms with E-state index in [1.807, 2.05) is 21.1 Å². The summed E-state index contributed by atoms with van der Waals surface area (Å²) in [7, 11) is 1.42. The van der Waals surface area contributed by atoms with Gasteiger partial charge in [-0.3, -0.25) is 13.8 Å². The smallest absolute Gasteiger partial charge is 0.472 e. The van der Waals surface area contributed by atoms with E-state index in [1.54, 1.807) is 0 Å². The van der Waals surface area contributed by atoms with Crippen LogP contribution in [-0.2, 0) is 18.4 Å². The van der Waals surface area contributed by atoms with E-state index in [1.165, 1.54) is 0 Å². The van der Waals surface area contributed by atoms with Crippen molar-refractivity contribution in [3.8, 4) is 0 Å². The van der Waals surface area contributed by atoms with Gasteiger partial charge in [-0.2, -0.15) is 0 Å². The molecule has 0 bridgehead atoms. The molecule has 4 N–H and O–H groups in total. The Morgan fingerprint density at radius 2 is 1.74 bits per heavy atom. The molecule has 9 nitrogen and oxygen atoms in total. The third kappa shape index (κ3) is 13.6. The molecular formula is C13H29NO8P+. The van der Waals surface area contributed by atoms with Gasteiger partial charge < -0.3 is 24.7 Å². The number of unbranched alkanes of at least 4 members (excludes halogenated alkanes) is 1. The minimum atomic E-state index is -4.28. The molecule has 0 radical (unpaired) electrons. The number of hydrogen-bond donors (Lipinski definition) is 4. The van der Waals surface area contributed by atoms with Gasteiger partial charge in [0.1, 0.15) is 19.3 Å². The summed E-state index contributed by atoms with van der Waals surface area (Å²) in [6.45, 7) is -0.0218. The van der Waals surface area contributed by atoms with Crippen molar-refractivity contribution in [2.75, 3.05) is 40.9 Å². The normalized spacial score (nSPS) is 17.5. The average molecular weight is 358 g/mol. The Morgan fingerprint density at radius 1 is 1.13 bits per heavy atom. The van der Waals surface area contributed by atoms with Crippen molar-refractivity contribution in [1.82, 2.24) is 0 Å². The Bertz CT molecular complexity index is 398. The number of phosphoric acid groups is 1. The first-order valence-electron chi connectivity index (χ1n) is 7.43. The van der Waals surface area contributed by atoms with Gasteiger partial charge >= 0.3 is 13.8 Å². The van der Waals surface area contributed by atoms with Crippen LogP contribution in [0.25, 0.3) is 0 Å². The molecular weight excluding hydrogens is 329 g/mol. The van der Waals surface area contributed by atoms with E-state index in [9.17, 15) is 24.5 Å². The van der Waals surface area contributed by atoms with Crippen molar-refractivity contribution < 1.29 is 43.1 Å². The van der Waals surface area contributed by atoms with Crippen molar-refractivity contribution in [2.24, 2.45) is 0 Å². The molecule has 0 aliphatic heterocycles. The summed E-state index contributed by atoms with van der Waals surface area (Å²) in [6, 6.07) is 0. The molecule has 10 heteroatoms. The first kappa shape index (κ1) is 22.5. The van der Waals surface area contributed by atoms with Crippen LogP contribution in [0.1, 0.15) is 25.7 Å². The molecule has 3 atom stereocenters. The number of aliphatic hydroxyl groups is 2. The summed E-state index contributed by atoms with van der Waals surface area (Å²) >= 11 is 0. The standard InChI is InChI=1S/C13H28NO8P/c1-14(2,3)8-9-21-23(19,20)22-10-12(16)11(15)6-4-5-7-13(17)18/h11-12,15-16H,4-10H2,1-3H3,(H-,17,18,19,20)/p+1/t11?,12-/m0/s1. The van der Waals surface area contributed by atoms with Crippen molar-refractivity contribution in [2.45, 2.75) is 37.9 Å². The second-order valence-electron chi connectivity index (χ2n) is 6.39. The highest BCUT2D eigenvalue weighted by molar-refractivity contribution is 7.47. The van der Waals surface area contributed by atoms with Crippen molar-refractivity contribution in [3.63, 3.8) is 0 Å². The first-order valence-corrected chi connectivity index (χ1v) is 8.93. The van der Waals surface area contributed by atoms with Crippen molar-refractivity contribution >= 4 is 13.8 Å². The Hall–Kier alpha value is -0.540. The molecule has 0 saturated heterocycles. The highest BCUT2D eigenvalue weighted by Gasteiger charge is 2.26. The van der Waals surface area contributed by atoms with Crippen molar-refractivity contribution in [3.05, 3.63) is 0 Å². The third-order valence-corrected chi connectivity index (χ3v) is 3.99. The topological polar surface area (TPSA) is 134 Å². The van der Waals surface area contributed by atoms with Gasteiger partial charge in [0.05, 0.1) is 33.9 Å². The zero-order chi connectivity index (χ0) is 18.1. The minimum absolute atomic E-state index is 0.00865. The lowest BCUT2D eigenvalue weighted by Gasteiger charge is -2.24. The molecule has 0 amide bonds. The Balaban J connectivity index is 3.98. The Kier molecular flexibility index (Phi) is 10.1. The highest BCUT2D eigenvalue weighted by Crippen LogP contribution is 2.43. The molecule has 0 aromatic carbocycles. The minimum Gasteiger partial charge on any atom is -0.481 e. The predicted molar refractivity (Wildman–Crippen MR) is 82.7 cm³/mol. The molecule has 0 saturated carbocycles. The van der Waals surface area contributed by atoms with Gasteiger partial charge in [-0.15, -0.1) is 0 Å². The van der Waals surface area contributed by atoms with Gasteiger partial charge in [0.2, 0.25) is 0 Å². The lowest BCUT2D eigenvalue weighted by Crippen LogP contribution is -2.37. The molecule has 0 aliphatic carbocycles. The largest absolute Gasteiger partial charge is 0.481 e. The molecule has 0 rings (SSSR count). The van der Waals surface area contributed by atoms with Crippen LogP contribution in [0.15, 0.2) is 0 Å². The number of rotatable bonds is 13. The van der Waals surface area contributed by atoms with Gasteiger partial charge in [0, 0.05) is 6.42 Å². The lowest BCUT2D eigenvalue weighted by molar-refractivity contribution is -0.870. The van der Waals surface area contributed by atoms with Crippen molar-refractivity contribution in [1.29, 1.82) is 0 Å². The summed E-state index contributed by atoms with van der Waals surface area (Å²) in [5.74, 6) is -0.921. The second-order valence-corrected chi connectivity index (χ2v) is 7.84. The van der Waals surface area contributed by atoms with Gasteiger partial charge in [-0.1, -0.05) is 6.42 Å². The van der Waals surface area contributed by atoms with Gasteiger partial charge in [0.15, 0.2) is 0 Å². The summed E-state index contributed by atoms with van der Waals surface area (Å²) in [5.41, 5.74) is 0. The van der Waals surface area contributed by atoms with Crippen LogP contribution >= 0.6 is 7.82 Å². The molecule has 0 aromatic rings. The summed E-state index contributed by atoms with van der Waals surface area (Å²) in [4.78, 5) is 19.8. The second kappa shape index (κ2) is 10.4. The number of likely N-dealkylation sites (N-methyl/N-ethyl adjacent to an activating group) is 1. The fraction of sp³-hybridized carbons (Fsp3) is 0.923. The van der Waals surface area contributed by atoms with E-state index in [0.29, 0.717) is 23.9 Å². The molecule has 23 heavy (non-hydrogen) atoms. The molecule has 0 aliphatic rings. The number of aliphatic hydroxyl groups excluding tert-OH is 2. The van der Waals surface area contributed by atoms with Crippen LogP contribution in [0, 0.1) is 0 Å². The predicted octanol–water partition coefficient (Wildman–Crippen LogP) is 0.193.